The van der Waals surface area contributed by atoms with E-state index in [2.05, 4.69) is 45.7 Å². The highest BCUT2D eigenvalue weighted by Crippen LogP contribution is 2.17. The Balaban J connectivity index is 1.51. The third-order valence-electron chi connectivity index (χ3n) is 5.29. The van der Waals surface area contributed by atoms with Crippen molar-refractivity contribution in [3.8, 4) is 0 Å². The largest absolute Gasteiger partial charge is 0.465 e. The number of esters is 1. The third kappa shape index (κ3) is 4.72. The molecule has 0 radical (unpaired) electrons. The summed E-state index contributed by atoms with van der Waals surface area (Å²) in [6, 6.07) is 11.6. The first kappa shape index (κ1) is 20.4. The van der Waals surface area contributed by atoms with Gasteiger partial charge in [-0.3, -0.25) is 4.90 Å². The zero-order valence-corrected chi connectivity index (χ0v) is 17.6. The van der Waals surface area contributed by atoms with Gasteiger partial charge in [0.25, 0.3) is 0 Å². The highest BCUT2D eigenvalue weighted by Gasteiger charge is 2.20. The number of aryl methyl sites for hydroxylation is 2. The summed E-state index contributed by atoms with van der Waals surface area (Å²) in [5, 5.41) is 3.86. The number of ether oxygens (including phenoxy) is 1. The Labute approximate surface area is 172 Å². The Bertz CT molecular complexity index is 821. The summed E-state index contributed by atoms with van der Waals surface area (Å²) in [5.41, 5.74) is 3.79. The van der Waals surface area contributed by atoms with Crippen molar-refractivity contribution in [1.29, 1.82) is 0 Å². The minimum Gasteiger partial charge on any atom is -0.465 e. The summed E-state index contributed by atoms with van der Waals surface area (Å²) in [7, 11) is 1.38. The van der Waals surface area contributed by atoms with Gasteiger partial charge < -0.3 is 19.5 Å². The van der Waals surface area contributed by atoms with Crippen LogP contribution in [-0.4, -0.2) is 65.3 Å². The molecular weight excluding hydrogens is 372 g/mol. The molecule has 0 atom stereocenters. The number of rotatable bonds is 5. The summed E-state index contributed by atoms with van der Waals surface area (Å²) in [5.74, 6) is -0.369. The van der Waals surface area contributed by atoms with Crippen LogP contribution in [0.3, 0.4) is 0 Å². The average Bonchev–Trinajstić information content (AvgIpc) is 3.04. The van der Waals surface area contributed by atoms with Gasteiger partial charge in [-0.2, -0.15) is 0 Å². The van der Waals surface area contributed by atoms with Crippen LogP contribution in [0.2, 0.25) is 0 Å². The lowest BCUT2D eigenvalue weighted by Crippen LogP contribution is -2.50. The summed E-state index contributed by atoms with van der Waals surface area (Å²) < 4.78 is 7.21. The molecule has 1 saturated heterocycles. The number of nitrogens with zero attached hydrogens (tertiary/aromatic N) is 3. The monoisotopic (exact) mass is 400 g/mol. The second-order valence-electron chi connectivity index (χ2n) is 7.06. The van der Waals surface area contributed by atoms with E-state index in [0.717, 1.165) is 39.3 Å². The Hall–Kier alpha value is -2.38. The number of carbonyl (C=O) groups is 1. The molecule has 150 valence electrons. The van der Waals surface area contributed by atoms with E-state index in [0.29, 0.717) is 16.4 Å². The molecular formula is C21H28N4O2S. The topological polar surface area (TPSA) is 49.7 Å². The van der Waals surface area contributed by atoms with E-state index < -0.39 is 0 Å². The van der Waals surface area contributed by atoms with Gasteiger partial charge in [-0.15, -0.1) is 0 Å². The zero-order valence-electron chi connectivity index (χ0n) is 16.8. The number of nitrogens with one attached hydrogen (secondary N) is 1. The third-order valence-corrected chi connectivity index (χ3v) is 5.65. The van der Waals surface area contributed by atoms with Gasteiger partial charge in [0.2, 0.25) is 0 Å². The van der Waals surface area contributed by atoms with E-state index in [-0.39, 0.29) is 5.97 Å². The molecule has 1 aliphatic rings. The molecule has 0 saturated carbocycles. The van der Waals surface area contributed by atoms with E-state index in [1.54, 1.807) is 6.07 Å². The van der Waals surface area contributed by atoms with Crippen molar-refractivity contribution >= 4 is 29.0 Å². The maximum absolute atomic E-state index is 11.9. The fourth-order valence-electron chi connectivity index (χ4n) is 3.54. The minimum atomic E-state index is -0.369. The normalized spacial score (nSPS) is 14.8. The van der Waals surface area contributed by atoms with E-state index in [9.17, 15) is 4.79 Å². The van der Waals surface area contributed by atoms with Crippen molar-refractivity contribution in [2.45, 2.75) is 20.4 Å². The zero-order chi connectivity index (χ0) is 20.1. The number of carbonyl (C=O) groups excluding carboxylic acids is 1. The van der Waals surface area contributed by atoms with E-state index in [1.165, 1.54) is 18.5 Å². The standard InChI is InChI=1S/C21H28N4O2S/c1-16-8-9-17(2)25(16)15-12-23-10-13-24(14-11-23)21(28)22-19-7-5-4-6-18(19)20(26)27-3/h4-9H,10-15H2,1-3H3,(H,22,28). The van der Waals surface area contributed by atoms with Crippen LogP contribution in [0.25, 0.3) is 0 Å². The number of hydrogen-bond acceptors (Lipinski definition) is 4. The molecule has 0 spiro atoms. The fraction of sp³-hybridized carbons (Fsp3) is 0.429. The molecule has 1 aromatic carbocycles. The number of piperazine rings is 1. The molecule has 0 unspecified atom stereocenters. The molecule has 0 bridgehead atoms. The van der Waals surface area contributed by atoms with Crippen LogP contribution in [0.5, 0.6) is 0 Å². The summed E-state index contributed by atoms with van der Waals surface area (Å²) in [4.78, 5) is 16.6. The van der Waals surface area contributed by atoms with E-state index in [4.69, 9.17) is 17.0 Å². The van der Waals surface area contributed by atoms with Crippen molar-refractivity contribution in [2.75, 3.05) is 45.2 Å². The van der Waals surface area contributed by atoms with Gasteiger partial charge in [0.15, 0.2) is 5.11 Å². The van der Waals surface area contributed by atoms with Crippen molar-refractivity contribution in [3.63, 3.8) is 0 Å². The molecule has 0 amide bonds. The van der Waals surface area contributed by atoms with Crippen molar-refractivity contribution in [2.24, 2.45) is 0 Å². The van der Waals surface area contributed by atoms with Crippen molar-refractivity contribution < 1.29 is 9.53 Å². The van der Waals surface area contributed by atoms with Gasteiger partial charge >= 0.3 is 5.97 Å². The molecule has 0 aliphatic carbocycles. The lowest BCUT2D eigenvalue weighted by atomic mass is 10.2. The molecule has 1 aliphatic heterocycles. The van der Waals surface area contributed by atoms with Crippen LogP contribution in [-0.2, 0) is 11.3 Å². The number of hydrogen-bond donors (Lipinski definition) is 1. The Kier molecular flexibility index (Phi) is 6.70. The number of thiocarbonyl (C=S) groups is 1. The minimum absolute atomic E-state index is 0.369. The number of benzene rings is 1. The summed E-state index contributed by atoms with van der Waals surface area (Å²) in [6.45, 7) is 10.0. The first-order chi connectivity index (χ1) is 13.5. The van der Waals surface area contributed by atoms with Crippen LogP contribution in [0.4, 0.5) is 5.69 Å². The Morgan fingerprint density at radius 2 is 1.68 bits per heavy atom. The molecule has 6 nitrogen and oxygen atoms in total. The van der Waals surface area contributed by atoms with Gasteiger partial charge in [0.05, 0.1) is 18.4 Å². The highest BCUT2D eigenvalue weighted by atomic mass is 32.1. The molecule has 3 rings (SSSR count). The lowest BCUT2D eigenvalue weighted by Gasteiger charge is -2.36. The first-order valence-corrected chi connectivity index (χ1v) is 9.99. The van der Waals surface area contributed by atoms with Gasteiger partial charge in [-0.25, -0.2) is 4.79 Å². The van der Waals surface area contributed by atoms with Crippen LogP contribution in [0.15, 0.2) is 36.4 Å². The van der Waals surface area contributed by atoms with Crippen LogP contribution in [0.1, 0.15) is 21.7 Å². The van der Waals surface area contributed by atoms with Crippen molar-refractivity contribution in [1.82, 2.24) is 14.4 Å². The number of anilines is 1. The Morgan fingerprint density at radius 3 is 2.32 bits per heavy atom. The summed E-state index contributed by atoms with van der Waals surface area (Å²) >= 11 is 5.58. The van der Waals surface area contributed by atoms with E-state index in [1.807, 2.05) is 18.2 Å². The predicted molar refractivity (Wildman–Crippen MR) is 116 cm³/mol. The van der Waals surface area contributed by atoms with Gasteiger partial charge in [-0.1, -0.05) is 12.1 Å². The highest BCUT2D eigenvalue weighted by molar-refractivity contribution is 7.80. The quantitative estimate of drug-likeness (QED) is 0.615. The van der Waals surface area contributed by atoms with Crippen LogP contribution >= 0.6 is 12.2 Å². The number of methoxy groups -OCH3 is 1. The summed E-state index contributed by atoms with van der Waals surface area (Å²) in [6.07, 6.45) is 0. The van der Waals surface area contributed by atoms with E-state index >= 15 is 0 Å². The Morgan fingerprint density at radius 1 is 1.04 bits per heavy atom. The molecule has 1 aromatic heterocycles. The molecule has 2 heterocycles. The lowest BCUT2D eigenvalue weighted by molar-refractivity contribution is 0.0602. The van der Waals surface area contributed by atoms with Crippen molar-refractivity contribution in [3.05, 3.63) is 53.3 Å². The van der Waals surface area contributed by atoms with Crippen LogP contribution in [0, 0.1) is 13.8 Å². The smallest absolute Gasteiger partial charge is 0.339 e. The maximum Gasteiger partial charge on any atom is 0.339 e. The second-order valence-corrected chi connectivity index (χ2v) is 7.45. The molecule has 28 heavy (non-hydrogen) atoms. The van der Waals surface area contributed by atoms with Gasteiger partial charge in [0, 0.05) is 50.7 Å². The second kappa shape index (κ2) is 9.21. The average molecular weight is 401 g/mol. The SMILES string of the molecule is COC(=O)c1ccccc1NC(=S)N1CCN(CCn2c(C)ccc2C)CC1. The maximum atomic E-state index is 11.9. The first-order valence-electron chi connectivity index (χ1n) is 9.58. The molecule has 1 N–H and O–H groups in total. The molecule has 2 aromatic rings. The fourth-order valence-corrected chi connectivity index (χ4v) is 3.83. The molecule has 1 fully saturated rings. The van der Waals surface area contributed by atoms with Crippen LogP contribution < -0.4 is 5.32 Å². The predicted octanol–water partition coefficient (Wildman–Crippen LogP) is 2.91. The van der Waals surface area contributed by atoms with Gasteiger partial charge in [-0.05, 0) is 50.3 Å². The number of para-hydroxylation sites is 1. The molecule has 7 heteroatoms. The number of aromatic nitrogens is 1. The van der Waals surface area contributed by atoms with Gasteiger partial charge in [0.1, 0.15) is 0 Å².